The van der Waals surface area contributed by atoms with Crippen molar-refractivity contribution in [1.29, 1.82) is 0 Å². The van der Waals surface area contributed by atoms with E-state index in [1.54, 1.807) is 7.05 Å². The van der Waals surface area contributed by atoms with Crippen molar-refractivity contribution < 1.29 is 4.74 Å². The molecule has 7 nitrogen and oxygen atoms in total. The minimum Gasteiger partial charge on any atom is -0.378 e. The number of aryl methyl sites for hydroxylation is 2. The number of halogens is 1. The van der Waals surface area contributed by atoms with Crippen molar-refractivity contribution in [3.8, 4) is 5.82 Å². The molecule has 0 atom stereocenters. The zero-order valence-electron chi connectivity index (χ0n) is 18.4. The summed E-state index contributed by atoms with van der Waals surface area (Å²) in [6.45, 7) is 6.35. The van der Waals surface area contributed by atoms with Gasteiger partial charge in [0.25, 0.3) is 0 Å². The lowest BCUT2D eigenvalue weighted by Gasteiger charge is -2.22. The second kappa shape index (κ2) is 12.9. The first-order valence-electron chi connectivity index (χ1n) is 10.7. The van der Waals surface area contributed by atoms with Gasteiger partial charge in [-0.05, 0) is 50.8 Å². The van der Waals surface area contributed by atoms with E-state index in [1.807, 2.05) is 36.9 Å². The highest BCUT2D eigenvalue weighted by Crippen LogP contribution is 2.20. The van der Waals surface area contributed by atoms with Gasteiger partial charge in [0.05, 0.1) is 11.8 Å². The molecule has 2 aromatic heterocycles. The van der Waals surface area contributed by atoms with Crippen molar-refractivity contribution in [2.45, 2.75) is 65.0 Å². The van der Waals surface area contributed by atoms with Crippen LogP contribution < -0.4 is 10.6 Å². The number of hydrogen-bond donors (Lipinski definition) is 2. The van der Waals surface area contributed by atoms with Crippen LogP contribution in [-0.2, 0) is 11.3 Å². The van der Waals surface area contributed by atoms with Gasteiger partial charge in [0.2, 0.25) is 0 Å². The summed E-state index contributed by atoms with van der Waals surface area (Å²) in [6, 6.07) is 6.11. The molecule has 0 unspecified atom stereocenters. The highest BCUT2D eigenvalue weighted by molar-refractivity contribution is 14.0. The number of nitrogens with zero attached hydrogens (tertiary/aromatic N) is 4. The molecule has 2 N–H and O–H groups in total. The standard InChI is InChI=1S/C22H34N6O.HI/c1-17-14-18(2)28(27-17)21-11-10-19(15-25-21)16-26-22(23-3)24-12-7-13-29-20-8-5-4-6-9-20;/h10-11,14-15,20H,4-9,12-13,16H2,1-3H3,(H2,23,24,26);1H. The SMILES string of the molecule is CN=C(NCCCOC1CCCCC1)NCc1ccc(-n2nc(C)cc2C)nc1.I. The van der Waals surface area contributed by atoms with Crippen LogP contribution in [0.25, 0.3) is 5.82 Å². The fourth-order valence-electron chi connectivity index (χ4n) is 3.67. The molecule has 1 fully saturated rings. The normalized spacial score (nSPS) is 15.0. The molecule has 30 heavy (non-hydrogen) atoms. The number of ether oxygens (including phenoxy) is 1. The number of guanidine groups is 1. The minimum atomic E-state index is 0. The maximum absolute atomic E-state index is 5.97. The molecule has 0 spiro atoms. The van der Waals surface area contributed by atoms with Crippen LogP contribution in [-0.4, -0.2) is 47.0 Å². The predicted octanol–water partition coefficient (Wildman–Crippen LogP) is 3.91. The third-order valence-corrected chi connectivity index (χ3v) is 5.24. The average Bonchev–Trinajstić information content (AvgIpc) is 3.09. The number of rotatable bonds is 8. The van der Waals surface area contributed by atoms with Crippen molar-refractivity contribution in [2.24, 2.45) is 4.99 Å². The third kappa shape index (κ3) is 7.54. The second-order valence-electron chi connectivity index (χ2n) is 7.70. The first-order valence-corrected chi connectivity index (χ1v) is 10.7. The van der Waals surface area contributed by atoms with Crippen LogP contribution >= 0.6 is 24.0 Å². The lowest BCUT2D eigenvalue weighted by Crippen LogP contribution is -2.37. The van der Waals surface area contributed by atoms with Gasteiger partial charge >= 0.3 is 0 Å². The van der Waals surface area contributed by atoms with Gasteiger partial charge in [-0.25, -0.2) is 9.67 Å². The van der Waals surface area contributed by atoms with Crippen LogP contribution in [0.4, 0.5) is 0 Å². The molecule has 3 rings (SSSR count). The van der Waals surface area contributed by atoms with Crippen LogP contribution in [0.5, 0.6) is 0 Å². The van der Waals surface area contributed by atoms with Crippen LogP contribution in [0, 0.1) is 13.8 Å². The van der Waals surface area contributed by atoms with Crippen LogP contribution in [0.15, 0.2) is 29.4 Å². The molecule has 1 aliphatic rings. The van der Waals surface area contributed by atoms with E-state index in [4.69, 9.17) is 4.74 Å². The molecule has 2 aromatic rings. The van der Waals surface area contributed by atoms with Crippen LogP contribution in [0.2, 0.25) is 0 Å². The largest absolute Gasteiger partial charge is 0.378 e. The molecular weight excluding hydrogens is 491 g/mol. The van der Waals surface area contributed by atoms with Crippen LogP contribution in [0.1, 0.15) is 55.5 Å². The monoisotopic (exact) mass is 526 g/mol. The molecule has 0 saturated heterocycles. The fraction of sp³-hybridized carbons (Fsp3) is 0.591. The quantitative estimate of drug-likeness (QED) is 0.236. The van der Waals surface area contributed by atoms with E-state index in [1.165, 1.54) is 32.1 Å². The Kier molecular flexibility index (Phi) is 10.6. The maximum Gasteiger partial charge on any atom is 0.191 e. The lowest BCUT2D eigenvalue weighted by molar-refractivity contribution is 0.0277. The minimum absolute atomic E-state index is 0. The summed E-state index contributed by atoms with van der Waals surface area (Å²) in [5.41, 5.74) is 3.17. The molecule has 166 valence electrons. The molecule has 1 saturated carbocycles. The topological polar surface area (TPSA) is 76.4 Å². The van der Waals surface area contributed by atoms with Gasteiger partial charge in [-0.1, -0.05) is 25.3 Å². The van der Waals surface area contributed by atoms with Crippen molar-refractivity contribution >= 4 is 29.9 Å². The van der Waals surface area contributed by atoms with E-state index in [-0.39, 0.29) is 24.0 Å². The Labute approximate surface area is 197 Å². The Morgan fingerprint density at radius 3 is 2.63 bits per heavy atom. The molecule has 0 aromatic carbocycles. The van der Waals surface area contributed by atoms with E-state index in [0.717, 1.165) is 48.3 Å². The third-order valence-electron chi connectivity index (χ3n) is 5.24. The highest BCUT2D eigenvalue weighted by Gasteiger charge is 2.13. The Hall–Kier alpha value is -1.68. The second-order valence-corrected chi connectivity index (χ2v) is 7.70. The van der Waals surface area contributed by atoms with Crippen LogP contribution in [0.3, 0.4) is 0 Å². The van der Waals surface area contributed by atoms with E-state index in [0.29, 0.717) is 12.6 Å². The van der Waals surface area contributed by atoms with Gasteiger partial charge in [0, 0.05) is 38.6 Å². The summed E-state index contributed by atoms with van der Waals surface area (Å²) in [4.78, 5) is 8.83. The molecule has 2 heterocycles. The van der Waals surface area contributed by atoms with Gasteiger partial charge in [0.15, 0.2) is 11.8 Å². The Bertz CT molecular complexity index is 783. The van der Waals surface area contributed by atoms with Gasteiger partial charge in [-0.2, -0.15) is 5.10 Å². The summed E-state index contributed by atoms with van der Waals surface area (Å²) in [5, 5.41) is 11.2. The Morgan fingerprint density at radius 1 is 1.20 bits per heavy atom. The van der Waals surface area contributed by atoms with E-state index in [9.17, 15) is 0 Å². The number of aromatic nitrogens is 3. The number of nitrogens with one attached hydrogen (secondary N) is 2. The zero-order chi connectivity index (χ0) is 20.5. The van der Waals surface area contributed by atoms with Crippen molar-refractivity contribution in [1.82, 2.24) is 25.4 Å². The van der Waals surface area contributed by atoms with E-state index in [2.05, 4.69) is 31.8 Å². The molecule has 0 bridgehead atoms. The van der Waals surface area contributed by atoms with Crippen molar-refractivity contribution in [3.05, 3.63) is 41.3 Å². The van der Waals surface area contributed by atoms with E-state index < -0.39 is 0 Å². The van der Waals surface area contributed by atoms with E-state index >= 15 is 0 Å². The zero-order valence-corrected chi connectivity index (χ0v) is 20.7. The van der Waals surface area contributed by atoms with Gasteiger partial charge in [-0.3, -0.25) is 4.99 Å². The number of hydrogen-bond acceptors (Lipinski definition) is 4. The molecule has 0 amide bonds. The Balaban J connectivity index is 0.00000320. The summed E-state index contributed by atoms with van der Waals surface area (Å²) < 4.78 is 7.83. The molecular formula is C22H35IN6O. The molecule has 0 aliphatic heterocycles. The first-order chi connectivity index (χ1) is 14.2. The number of aliphatic imine (C=N–C) groups is 1. The summed E-state index contributed by atoms with van der Waals surface area (Å²) >= 11 is 0. The van der Waals surface area contributed by atoms with Crippen molar-refractivity contribution in [3.63, 3.8) is 0 Å². The summed E-state index contributed by atoms with van der Waals surface area (Å²) in [5.74, 6) is 1.63. The predicted molar refractivity (Wildman–Crippen MR) is 132 cm³/mol. The molecule has 0 radical (unpaired) electrons. The maximum atomic E-state index is 5.97. The lowest BCUT2D eigenvalue weighted by atomic mass is 9.98. The van der Waals surface area contributed by atoms with Gasteiger partial charge in [-0.15, -0.1) is 24.0 Å². The summed E-state index contributed by atoms with van der Waals surface area (Å²) in [7, 11) is 1.79. The van der Waals surface area contributed by atoms with Gasteiger partial charge < -0.3 is 15.4 Å². The average molecular weight is 526 g/mol. The fourth-order valence-corrected chi connectivity index (χ4v) is 3.67. The molecule has 8 heteroatoms. The number of pyridine rings is 1. The summed E-state index contributed by atoms with van der Waals surface area (Å²) in [6.07, 6.45) is 9.79. The van der Waals surface area contributed by atoms with Gasteiger partial charge in [0.1, 0.15) is 0 Å². The highest BCUT2D eigenvalue weighted by atomic mass is 127. The smallest absolute Gasteiger partial charge is 0.191 e. The first kappa shape index (κ1) is 24.6. The van der Waals surface area contributed by atoms with Crippen molar-refractivity contribution in [2.75, 3.05) is 20.2 Å². The Morgan fingerprint density at radius 2 is 2.00 bits per heavy atom. The molecule has 1 aliphatic carbocycles.